The minimum absolute atomic E-state index is 0.262. The molecule has 25 heavy (non-hydrogen) atoms. The molecule has 1 aromatic heterocycles. The van der Waals surface area contributed by atoms with Crippen molar-refractivity contribution in [2.45, 2.75) is 37.3 Å². The zero-order chi connectivity index (χ0) is 17.9. The fourth-order valence-electron chi connectivity index (χ4n) is 4.87. The largest absolute Gasteiger partial charge is 0.311 e. The van der Waals surface area contributed by atoms with Crippen LogP contribution in [0.15, 0.2) is 36.7 Å². The Morgan fingerprint density at radius 1 is 1.32 bits per heavy atom. The quantitative estimate of drug-likeness (QED) is 0.898. The first-order chi connectivity index (χ1) is 12.2. The number of hydrogen-bond donors (Lipinski definition) is 2. The summed E-state index contributed by atoms with van der Waals surface area (Å²) in [6.07, 6.45) is 9.21. The number of rotatable bonds is 4. The van der Waals surface area contributed by atoms with Crippen molar-refractivity contribution in [2.75, 3.05) is 20.6 Å². The van der Waals surface area contributed by atoms with Crippen LogP contribution in [-0.4, -0.2) is 48.1 Å². The minimum atomic E-state index is 0.262. The fraction of sp³-hybridized carbons (Fsp3) is 0.500. The highest BCUT2D eigenvalue weighted by atomic mass is 16.1. The van der Waals surface area contributed by atoms with Gasteiger partial charge in [-0.3, -0.25) is 10.00 Å². The number of carbonyl (C=O) groups is 1. The van der Waals surface area contributed by atoms with Gasteiger partial charge in [0.1, 0.15) is 6.79 Å². The highest BCUT2D eigenvalue weighted by Crippen LogP contribution is 2.49. The summed E-state index contributed by atoms with van der Waals surface area (Å²) in [5.41, 5.74) is 4.04. The van der Waals surface area contributed by atoms with E-state index < -0.39 is 0 Å². The first-order valence-electron chi connectivity index (χ1n) is 8.99. The number of benzene rings is 1. The van der Waals surface area contributed by atoms with Crippen LogP contribution in [0.4, 0.5) is 0 Å². The van der Waals surface area contributed by atoms with Crippen LogP contribution in [0.5, 0.6) is 0 Å². The van der Waals surface area contributed by atoms with E-state index in [9.17, 15) is 0 Å². The molecule has 1 aromatic carbocycles. The molecule has 5 rings (SSSR count). The van der Waals surface area contributed by atoms with Gasteiger partial charge in [0, 0.05) is 23.8 Å². The summed E-state index contributed by atoms with van der Waals surface area (Å²) in [7, 11) is 4.42. The number of hydrogen-bond acceptors (Lipinski definition) is 4. The van der Waals surface area contributed by atoms with Crippen LogP contribution in [-0.2, 0) is 4.79 Å². The van der Waals surface area contributed by atoms with E-state index in [1.165, 1.54) is 43.4 Å². The Kier molecular flexibility index (Phi) is 5.35. The molecule has 134 valence electrons. The van der Waals surface area contributed by atoms with E-state index >= 15 is 0 Å². The van der Waals surface area contributed by atoms with Gasteiger partial charge in [0.25, 0.3) is 0 Å². The molecule has 5 heteroatoms. The van der Waals surface area contributed by atoms with Crippen LogP contribution in [0.2, 0.25) is 0 Å². The topological polar surface area (TPSA) is 61.0 Å². The molecule has 3 aliphatic rings. The van der Waals surface area contributed by atoms with E-state index in [1.54, 1.807) is 0 Å². The molecule has 2 bridgehead atoms. The van der Waals surface area contributed by atoms with Crippen molar-refractivity contribution in [3.8, 4) is 11.1 Å². The smallest absolute Gasteiger partial charge is 0.106 e. The zero-order valence-electron chi connectivity index (χ0n) is 15.2. The van der Waals surface area contributed by atoms with Crippen LogP contribution < -0.4 is 5.32 Å². The molecule has 1 aliphatic carbocycles. The molecule has 3 heterocycles. The lowest BCUT2D eigenvalue weighted by Crippen LogP contribution is -2.61. The molecule has 2 aliphatic heterocycles. The third-order valence-corrected chi connectivity index (χ3v) is 6.14. The number of carbonyl (C=O) groups excluding carboxylic acids is 1. The Balaban J connectivity index is 0.000000880. The van der Waals surface area contributed by atoms with Gasteiger partial charge in [-0.2, -0.15) is 5.10 Å². The minimum Gasteiger partial charge on any atom is -0.311 e. The van der Waals surface area contributed by atoms with Crippen LogP contribution in [0.1, 0.15) is 37.3 Å². The van der Waals surface area contributed by atoms with Gasteiger partial charge in [0.05, 0.1) is 12.2 Å². The van der Waals surface area contributed by atoms with Crippen LogP contribution >= 0.6 is 0 Å². The lowest BCUT2D eigenvalue weighted by molar-refractivity contribution is -0.0979. The summed E-state index contributed by atoms with van der Waals surface area (Å²) in [6, 6.07) is 9.32. The summed E-state index contributed by atoms with van der Waals surface area (Å²) in [5, 5.41) is 10.6. The molecular formula is C20H28N4O. The number of aromatic nitrogens is 2. The molecular weight excluding hydrogens is 312 g/mol. The van der Waals surface area contributed by atoms with E-state index in [2.05, 4.69) is 58.8 Å². The summed E-state index contributed by atoms with van der Waals surface area (Å²) < 4.78 is 0. The van der Waals surface area contributed by atoms with Crippen molar-refractivity contribution in [3.63, 3.8) is 0 Å². The second kappa shape index (κ2) is 7.50. The highest BCUT2D eigenvalue weighted by Gasteiger charge is 2.49. The van der Waals surface area contributed by atoms with Gasteiger partial charge in [-0.1, -0.05) is 18.2 Å². The number of nitrogens with zero attached hydrogens (tertiary/aromatic N) is 2. The van der Waals surface area contributed by atoms with Crippen molar-refractivity contribution in [2.24, 2.45) is 5.92 Å². The molecule has 2 saturated heterocycles. The van der Waals surface area contributed by atoms with Crippen LogP contribution in [0.3, 0.4) is 0 Å². The van der Waals surface area contributed by atoms with Gasteiger partial charge in [0.15, 0.2) is 0 Å². The summed E-state index contributed by atoms with van der Waals surface area (Å²) >= 11 is 0. The predicted molar refractivity (Wildman–Crippen MR) is 100 cm³/mol. The predicted octanol–water partition coefficient (Wildman–Crippen LogP) is 3.03. The van der Waals surface area contributed by atoms with Gasteiger partial charge < -0.3 is 10.1 Å². The number of likely N-dealkylation sites (N-methyl/N-ethyl adjacent to an activating group) is 2. The molecule has 5 nitrogen and oxygen atoms in total. The fourth-order valence-corrected chi connectivity index (χ4v) is 4.87. The van der Waals surface area contributed by atoms with Gasteiger partial charge in [-0.05, 0) is 62.9 Å². The highest BCUT2D eigenvalue weighted by molar-refractivity contribution is 5.62. The summed E-state index contributed by atoms with van der Waals surface area (Å²) in [4.78, 5) is 10.6. The molecule has 2 N–H and O–H groups in total. The third-order valence-electron chi connectivity index (χ3n) is 6.14. The van der Waals surface area contributed by atoms with E-state index in [-0.39, 0.29) is 5.54 Å². The third kappa shape index (κ3) is 3.14. The Morgan fingerprint density at radius 2 is 2.08 bits per heavy atom. The van der Waals surface area contributed by atoms with Gasteiger partial charge in [-0.25, -0.2) is 0 Å². The van der Waals surface area contributed by atoms with Crippen LogP contribution in [0.25, 0.3) is 11.1 Å². The summed E-state index contributed by atoms with van der Waals surface area (Å²) in [5.74, 6) is 0.914. The number of fused-ring (bicyclic) bond motifs is 3. The molecule has 0 amide bonds. The van der Waals surface area contributed by atoms with E-state index in [1.807, 2.05) is 19.2 Å². The normalized spacial score (nSPS) is 26.7. The molecule has 0 spiro atoms. The lowest BCUT2D eigenvalue weighted by atomic mass is 9.66. The Labute approximate surface area is 149 Å². The maximum absolute atomic E-state index is 8.00. The van der Waals surface area contributed by atoms with Gasteiger partial charge >= 0.3 is 0 Å². The Bertz CT molecular complexity index is 677. The maximum atomic E-state index is 8.00. The molecule has 1 saturated carbocycles. The maximum Gasteiger partial charge on any atom is 0.106 e. The van der Waals surface area contributed by atoms with Gasteiger partial charge in [-0.15, -0.1) is 0 Å². The molecule has 3 fully saturated rings. The molecule has 2 aromatic rings. The monoisotopic (exact) mass is 340 g/mol. The second-order valence-electron chi connectivity index (χ2n) is 7.26. The molecule has 1 atom stereocenters. The van der Waals surface area contributed by atoms with Crippen molar-refractivity contribution in [1.29, 1.82) is 0 Å². The van der Waals surface area contributed by atoms with Crippen molar-refractivity contribution < 1.29 is 4.79 Å². The summed E-state index contributed by atoms with van der Waals surface area (Å²) in [6.45, 7) is 3.25. The number of aromatic amines is 1. The Morgan fingerprint density at radius 3 is 2.68 bits per heavy atom. The standard InChI is InChI=1S/C19H26N4.CH2O/c1-20-18(19-8-6-14(7-9-19)13-23(19)2)16-5-3-4-15(10-16)17-11-21-22-12-17;1-2/h3-5,10-12,14,18,20H,6-9,13H2,1-2H3,(H,21,22);1H2. The number of nitrogens with one attached hydrogen (secondary N) is 2. The number of piperidine rings is 2. The lowest BCUT2D eigenvalue weighted by Gasteiger charge is -2.57. The van der Waals surface area contributed by atoms with Crippen molar-refractivity contribution in [3.05, 3.63) is 42.2 Å². The number of H-pyrrole nitrogens is 1. The van der Waals surface area contributed by atoms with Crippen molar-refractivity contribution >= 4 is 6.79 Å². The SMILES string of the molecule is C=O.CNC(c1cccc(-c2cn[nH]c2)c1)C12CCC(CC1)CN2C. The van der Waals surface area contributed by atoms with Crippen molar-refractivity contribution in [1.82, 2.24) is 20.4 Å². The van der Waals surface area contributed by atoms with Crippen LogP contribution in [0, 0.1) is 5.92 Å². The first-order valence-corrected chi connectivity index (χ1v) is 8.99. The first kappa shape index (κ1) is 17.8. The Hall–Kier alpha value is -1.98. The average Bonchev–Trinajstić information content (AvgIpc) is 3.20. The zero-order valence-corrected chi connectivity index (χ0v) is 15.2. The van der Waals surface area contributed by atoms with Gasteiger partial charge in [0.2, 0.25) is 0 Å². The average molecular weight is 340 g/mol. The second-order valence-corrected chi connectivity index (χ2v) is 7.26. The van der Waals surface area contributed by atoms with E-state index in [0.29, 0.717) is 6.04 Å². The molecule has 1 unspecified atom stereocenters. The molecule has 0 radical (unpaired) electrons. The van der Waals surface area contributed by atoms with E-state index in [4.69, 9.17) is 4.79 Å². The van der Waals surface area contributed by atoms with E-state index in [0.717, 1.165) is 11.5 Å².